The zero-order valence-corrected chi connectivity index (χ0v) is 8.03. The van der Waals surface area contributed by atoms with Crippen molar-refractivity contribution in [2.75, 3.05) is 10.6 Å². The van der Waals surface area contributed by atoms with Gasteiger partial charge >= 0.3 is 0 Å². The largest absolute Gasteiger partial charge is 0.367 e. The molecule has 14 heavy (non-hydrogen) atoms. The van der Waals surface area contributed by atoms with E-state index in [1.54, 1.807) is 0 Å². The first kappa shape index (κ1) is 8.03. The molecule has 74 valence electrons. The van der Waals surface area contributed by atoms with E-state index in [1.807, 2.05) is 12.3 Å². The fraction of sp³-hybridized carbons (Fsp3) is 0.600. The SMILES string of the molecule is c1cc(NC2CC2)nc(NC2CC2)n1. The van der Waals surface area contributed by atoms with E-state index in [9.17, 15) is 0 Å². The van der Waals surface area contributed by atoms with Crippen LogP contribution in [0.3, 0.4) is 0 Å². The Kier molecular flexibility index (Phi) is 1.79. The number of nitrogens with zero attached hydrogens (tertiary/aromatic N) is 2. The van der Waals surface area contributed by atoms with Crippen LogP contribution >= 0.6 is 0 Å². The lowest BCUT2D eigenvalue weighted by Crippen LogP contribution is -2.08. The predicted molar refractivity (Wildman–Crippen MR) is 55.3 cm³/mol. The van der Waals surface area contributed by atoms with Crippen molar-refractivity contribution in [1.82, 2.24) is 9.97 Å². The average Bonchev–Trinajstić information content (AvgIpc) is 3.00. The highest BCUT2D eigenvalue weighted by atomic mass is 15.2. The highest BCUT2D eigenvalue weighted by molar-refractivity contribution is 5.42. The van der Waals surface area contributed by atoms with Crippen LogP contribution in [0.25, 0.3) is 0 Å². The number of rotatable bonds is 4. The van der Waals surface area contributed by atoms with Crippen molar-refractivity contribution in [1.29, 1.82) is 0 Å². The van der Waals surface area contributed by atoms with Gasteiger partial charge in [0.05, 0.1) is 0 Å². The van der Waals surface area contributed by atoms with Gasteiger partial charge in [-0.2, -0.15) is 4.98 Å². The lowest BCUT2D eigenvalue weighted by Gasteiger charge is -2.06. The number of hydrogen-bond acceptors (Lipinski definition) is 4. The Balaban J connectivity index is 1.68. The summed E-state index contributed by atoms with van der Waals surface area (Å²) in [4.78, 5) is 8.58. The molecule has 1 heterocycles. The Bertz CT molecular complexity index is 301. The van der Waals surface area contributed by atoms with Crippen molar-refractivity contribution in [3.05, 3.63) is 12.3 Å². The molecule has 4 heteroatoms. The van der Waals surface area contributed by atoms with Crippen molar-refractivity contribution in [3.63, 3.8) is 0 Å². The molecule has 1 aromatic rings. The minimum atomic E-state index is 0.617. The number of nitrogens with one attached hydrogen (secondary N) is 2. The second-order valence-corrected chi connectivity index (χ2v) is 4.10. The second-order valence-electron chi connectivity index (χ2n) is 4.10. The van der Waals surface area contributed by atoms with Gasteiger partial charge in [-0.15, -0.1) is 0 Å². The molecule has 0 aliphatic heterocycles. The van der Waals surface area contributed by atoms with Crippen LogP contribution in [0.15, 0.2) is 12.3 Å². The Morgan fingerprint density at radius 1 is 1.07 bits per heavy atom. The topological polar surface area (TPSA) is 49.8 Å². The first-order valence-electron chi connectivity index (χ1n) is 5.26. The summed E-state index contributed by atoms with van der Waals surface area (Å²) in [6, 6.07) is 3.20. The average molecular weight is 190 g/mol. The summed E-state index contributed by atoms with van der Waals surface area (Å²) in [6.45, 7) is 0. The standard InChI is InChI=1S/C10H14N4/c1-2-7(1)12-9-5-6-11-10(14-9)13-8-3-4-8/h5-8H,1-4H2,(H2,11,12,13,14). The van der Waals surface area contributed by atoms with Gasteiger partial charge < -0.3 is 10.6 Å². The number of anilines is 2. The lowest BCUT2D eigenvalue weighted by molar-refractivity contribution is 1.03. The molecule has 4 nitrogen and oxygen atoms in total. The molecule has 2 N–H and O–H groups in total. The maximum Gasteiger partial charge on any atom is 0.224 e. The van der Waals surface area contributed by atoms with Crippen LogP contribution in [0.5, 0.6) is 0 Å². The van der Waals surface area contributed by atoms with Gasteiger partial charge in [0.2, 0.25) is 5.95 Å². The quantitative estimate of drug-likeness (QED) is 0.757. The first-order chi connectivity index (χ1) is 6.90. The zero-order valence-electron chi connectivity index (χ0n) is 8.03. The third-order valence-corrected chi connectivity index (χ3v) is 2.50. The number of aromatic nitrogens is 2. The van der Waals surface area contributed by atoms with Crippen molar-refractivity contribution < 1.29 is 0 Å². The van der Waals surface area contributed by atoms with E-state index in [0.29, 0.717) is 12.1 Å². The van der Waals surface area contributed by atoms with Crippen LogP contribution in [-0.2, 0) is 0 Å². The van der Waals surface area contributed by atoms with E-state index in [2.05, 4.69) is 20.6 Å². The first-order valence-corrected chi connectivity index (χ1v) is 5.26. The third kappa shape index (κ3) is 1.95. The minimum Gasteiger partial charge on any atom is -0.367 e. The third-order valence-electron chi connectivity index (χ3n) is 2.50. The molecule has 2 aliphatic carbocycles. The Morgan fingerprint density at radius 3 is 2.50 bits per heavy atom. The van der Waals surface area contributed by atoms with Crippen molar-refractivity contribution in [2.45, 2.75) is 37.8 Å². The predicted octanol–water partition coefficient (Wildman–Crippen LogP) is 1.63. The van der Waals surface area contributed by atoms with Crippen LogP contribution in [0.4, 0.5) is 11.8 Å². The van der Waals surface area contributed by atoms with E-state index in [-0.39, 0.29) is 0 Å². The monoisotopic (exact) mass is 190 g/mol. The van der Waals surface area contributed by atoms with E-state index in [0.717, 1.165) is 11.8 Å². The fourth-order valence-electron chi connectivity index (χ4n) is 1.36. The van der Waals surface area contributed by atoms with Gasteiger partial charge in [0, 0.05) is 18.3 Å². The van der Waals surface area contributed by atoms with Crippen LogP contribution in [0.1, 0.15) is 25.7 Å². The van der Waals surface area contributed by atoms with Crippen LogP contribution in [-0.4, -0.2) is 22.1 Å². The van der Waals surface area contributed by atoms with Crippen molar-refractivity contribution in [3.8, 4) is 0 Å². The summed E-state index contributed by atoms with van der Waals surface area (Å²) in [5.41, 5.74) is 0. The highest BCUT2D eigenvalue weighted by Crippen LogP contribution is 2.25. The van der Waals surface area contributed by atoms with Crippen molar-refractivity contribution in [2.24, 2.45) is 0 Å². The summed E-state index contributed by atoms with van der Waals surface area (Å²) in [5.74, 6) is 1.71. The van der Waals surface area contributed by atoms with Gasteiger partial charge in [-0.3, -0.25) is 0 Å². The normalized spacial score (nSPS) is 20.6. The molecule has 0 bridgehead atoms. The van der Waals surface area contributed by atoms with E-state index in [4.69, 9.17) is 0 Å². The summed E-state index contributed by atoms with van der Waals surface area (Å²) >= 11 is 0. The number of hydrogen-bond donors (Lipinski definition) is 2. The van der Waals surface area contributed by atoms with Crippen LogP contribution < -0.4 is 10.6 Å². The molecule has 0 radical (unpaired) electrons. The van der Waals surface area contributed by atoms with E-state index >= 15 is 0 Å². The van der Waals surface area contributed by atoms with E-state index < -0.39 is 0 Å². The smallest absolute Gasteiger partial charge is 0.224 e. The molecule has 0 amide bonds. The molecule has 1 aromatic heterocycles. The molecule has 0 aromatic carbocycles. The van der Waals surface area contributed by atoms with Gasteiger partial charge in [-0.1, -0.05) is 0 Å². The molecule has 0 unspecified atom stereocenters. The van der Waals surface area contributed by atoms with Crippen LogP contribution in [0, 0.1) is 0 Å². The van der Waals surface area contributed by atoms with Gasteiger partial charge in [0.25, 0.3) is 0 Å². The summed E-state index contributed by atoms with van der Waals surface area (Å²) in [7, 11) is 0. The maximum atomic E-state index is 4.40. The van der Waals surface area contributed by atoms with Crippen LogP contribution in [0.2, 0.25) is 0 Å². The van der Waals surface area contributed by atoms with Gasteiger partial charge in [-0.25, -0.2) is 4.98 Å². The molecule has 0 saturated heterocycles. The molecule has 0 atom stereocenters. The fourth-order valence-corrected chi connectivity index (χ4v) is 1.36. The molecule has 2 aliphatic rings. The van der Waals surface area contributed by atoms with Gasteiger partial charge in [0.1, 0.15) is 5.82 Å². The molecule has 3 rings (SSSR count). The second kappa shape index (κ2) is 3.12. The molecular weight excluding hydrogens is 176 g/mol. The van der Waals surface area contributed by atoms with Gasteiger partial charge in [-0.05, 0) is 31.7 Å². The zero-order chi connectivity index (χ0) is 9.38. The Morgan fingerprint density at radius 2 is 1.79 bits per heavy atom. The maximum absolute atomic E-state index is 4.40. The van der Waals surface area contributed by atoms with Gasteiger partial charge in [0.15, 0.2) is 0 Å². The minimum absolute atomic E-state index is 0.617. The Hall–Kier alpha value is -1.32. The summed E-state index contributed by atoms with van der Waals surface area (Å²) < 4.78 is 0. The Labute approximate surface area is 83.1 Å². The van der Waals surface area contributed by atoms with Crippen molar-refractivity contribution >= 4 is 11.8 Å². The highest BCUT2D eigenvalue weighted by Gasteiger charge is 2.23. The lowest BCUT2D eigenvalue weighted by atomic mass is 10.5. The molecule has 2 fully saturated rings. The summed E-state index contributed by atoms with van der Waals surface area (Å²) in [6.07, 6.45) is 6.86. The molecule has 0 spiro atoms. The van der Waals surface area contributed by atoms with E-state index in [1.165, 1.54) is 25.7 Å². The molecule has 2 saturated carbocycles. The summed E-state index contributed by atoms with van der Waals surface area (Å²) in [5, 5.41) is 6.65. The molecular formula is C10H14N4.